The van der Waals surface area contributed by atoms with Gasteiger partial charge in [-0.15, -0.1) is 0 Å². The van der Waals surface area contributed by atoms with E-state index in [0.717, 1.165) is 10.5 Å². The lowest BCUT2D eigenvalue weighted by atomic mass is 10.0. The molecule has 9 nitrogen and oxygen atoms in total. The fourth-order valence-corrected chi connectivity index (χ4v) is 3.54. The Balaban J connectivity index is 1.70. The van der Waals surface area contributed by atoms with Crippen LogP contribution in [0.5, 0.6) is 0 Å². The Bertz CT molecular complexity index is 866. The number of amides is 2. The summed E-state index contributed by atoms with van der Waals surface area (Å²) in [7, 11) is 1.29. The van der Waals surface area contributed by atoms with Gasteiger partial charge in [-0.3, -0.25) is 9.59 Å². The van der Waals surface area contributed by atoms with E-state index >= 15 is 0 Å². The minimum absolute atomic E-state index is 0.0638. The Morgan fingerprint density at radius 3 is 2.75 bits per heavy atom. The van der Waals surface area contributed by atoms with Gasteiger partial charge in [-0.1, -0.05) is 30.3 Å². The van der Waals surface area contributed by atoms with Gasteiger partial charge in [-0.2, -0.15) is 0 Å². The Morgan fingerprint density at radius 2 is 2.03 bits per heavy atom. The molecular weight excluding hydrogens is 418 g/mol. The van der Waals surface area contributed by atoms with Crippen molar-refractivity contribution in [2.75, 3.05) is 33.5 Å². The van der Waals surface area contributed by atoms with E-state index in [1.807, 2.05) is 30.3 Å². The van der Waals surface area contributed by atoms with E-state index in [2.05, 4.69) is 0 Å². The molecule has 172 valence electrons. The molecule has 1 aromatic rings. The van der Waals surface area contributed by atoms with Crippen LogP contribution in [0.4, 0.5) is 4.79 Å². The molecule has 2 amide bonds. The third kappa shape index (κ3) is 5.82. The molecule has 1 N–H and O–H groups in total. The molecule has 9 heteroatoms. The number of nitrogens with zero attached hydrogens (tertiary/aromatic N) is 1. The van der Waals surface area contributed by atoms with Gasteiger partial charge in [0.1, 0.15) is 12.4 Å². The number of hydrogen-bond acceptors (Lipinski definition) is 8. The lowest BCUT2D eigenvalue weighted by Gasteiger charge is -2.30. The van der Waals surface area contributed by atoms with Crippen molar-refractivity contribution in [3.63, 3.8) is 0 Å². The highest BCUT2D eigenvalue weighted by molar-refractivity contribution is 6.03. The van der Waals surface area contributed by atoms with E-state index in [1.54, 1.807) is 6.08 Å². The number of methoxy groups -OCH3 is 1. The molecule has 2 heterocycles. The van der Waals surface area contributed by atoms with Crippen molar-refractivity contribution in [1.82, 2.24) is 4.90 Å². The minimum atomic E-state index is -1.31. The summed E-state index contributed by atoms with van der Waals surface area (Å²) in [5.41, 5.74) is 0.948. The maximum absolute atomic E-state index is 13.3. The third-order valence-electron chi connectivity index (χ3n) is 5.08. The molecule has 0 saturated carbocycles. The second-order valence-electron chi connectivity index (χ2n) is 7.29. The number of carbonyl (C=O) groups is 3. The second kappa shape index (κ2) is 11.6. The second-order valence-corrected chi connectivity index (χ2v) is 7.29. The highest BCUT2D eigenvalue weighted by Gasteiger charge is 2.46. The predicted molar refractivity (Wildman–Crippen MR) is 113 cm³/mol. The van der Waals surface area contributed by atoms with Crippen molar-refractivity contribution in [3.05, 3.63) is 59.9 Å². The zero-order valence-electron chi connectivity index (χ0n) is 17.8. The maximum atomic E-state index is 13.3. The van der Waals surface area contributed by atoms with Crippen LogP contribution in [0.25, 0.3) is 0 Å². The average molecular weight is 445 g/mol. The highest BCUT2D eigenvalue weighted by Crippen LogP contribution is 2.24. The number of aliphatic hydroxyl groups excluding tert-OH is 1. The van der Waals surface area contributed by atoms with Gasteiger partial charge in [0, 0.05) is 7.11 Å². The van der Waals surface area contributed by atoms with Crippen molar-refractivity contribution in [2.45, 2.75) is 31.1 Å². The molecule has 1 fully saturated rings. The summed E-state index contributed by atoms with van der Waals surface area (Å²) in [5.74, 6) is -0.733. The first-order valence-electron chi connectivity index (χ1n) is 10.4. The number of aliphatic hydroxyl groups is 1. The normalized spacial score (nSPS) is 22.7. The van der Waals surface area contributed by atoms with E-state index in [0.29, 0.717) is 25.2 Å². The number of rotatable bonds is 10. The molecule has 3 rings (SSSR count). The fourth-order valence-electron chi connectivity index (χ4n) is 3.54. The third-order valence-corrected chi connectivity index (χ3v) is 5.08. The standard InChI is InChI=1S/C23H27NO8/c1-29-21(20-19(26)10-9-18(32-20)8-5-12-30-13-11-25)22(27)24-17(15-31-23(24)28)14-16-6-3-2-4-7-16/h2-4,6-10,17,20-21,25H,5,11-15H2,1H3. The van der Waals surface area contributed by atoms with Gasteiger partial charge in [-0.25, -0.2) is 9.69 Å². The van der Waals surface area contributed by atoms with Crippen molar-refractivity contribution in [2.24, 2.45) is 0 Å². The number of hydrogen-bond donors (Lipinski definition) is 1. The molecule has 0 aromatic heterocycles. The first-order chi connectivity index (χ1) is 15.5. The minimum Gasteiger partial charge on any atom is -0.479 e. The van der Waals surface area contributed by atoms with Crippen LogP contribution in [0.3, 0.4) is 0 Å². The van der Waals surface area contributed by atoms with Gasteiger partial charge in [0.25, 0.3) is 5.91 Å². The van der Waals surface area contributed by atoms with Gasteiger partial charge < -0.3 is 24.1 Å². The number of ether oxygens (including phenoxy) is 4. The summed E-state index contributed by atoms with van der Waals surface area (Å²) in [5, 5.41) is 8.73. The lowest BCUT2D eigenvalue weighted by molar-refractivity contribution is -0.153. The van der Waals surface area contributed by atoms with Gasteiger partial charge in [0.2, 0.25) is 0 Å². The molecule has 3 atom stereocenters. The molecule has 0 spiro atoms. The summed E-state index contributed by atoms with van der Waals surface area (Å²) in [4.78, 5) is 39.1. The molecule has 2 aliphatic rings. The zero-order chi connectivity index (χ0) is 22.9. The molecule has 1 saturated heterocycles. The lowest BCUT2D eigenvalue weighted by Crippen LogP contribution is -2.53. The van der Waals surface area contributed by atoms with Crippen LogP contribution < -0.4 is 0 Å². The number of cyclic esters (lactones) is 1. The number of carbonyl (C=O) groups excluding carboxylic acids is 3. The number of imide groups is 1. The van der Waals surface area contributed by atoms with Crippen molar-refractivity contribution >= 4 is 17.8 Å². The number of ketones is 1. The predicted octanol–water partition coefficient (Wildman–Crippen LogP) is 1.40. The van der Waals surface area contributed by atoms with Crippen LogP contribution >= 0.6 is 0 Å². The van der Waals surface area contributed by atoms with Crippen LogP contribution in [0.15, 0.2) is 54.3 Å². The largest absolute Gasteiger partial charge is 0.479 e. The SMILES string of the molecule is COC(C(=O)N1C(=O)OCC1Cc1ccccc1)C1OC(=CCCOCCO)C=CC1=O. The van der Waals surface area contributed by atoms with Crippen LogP contribution in [0, 0.1) is 0 Å². The van der Waals surface area contributed by atoms with Crippen LogP contribution in [0.1, 0.15) is 12.0 Å². The first kappa shape index (κ1) is 23.6. The van der Waals surface area contributed by atoms with Crippen LogP contribution in [-0.4, -0.2) is 79.6 Å². The monoisotopic (exact) mass is 445 g/mol. The van der Waals surface area contributed by atoms with Crippen LogP contribution in [0.2, 0.25) is 0 Å². The molecule has 32 heavy (non-hydrogen) atoms. The topological polar surface area (TPSA) is 112 Å². The molecule has 2 aliphatic heterocycles. The van der Waals surface area contributed by atoms with Crippen LogP contribution in [-0.2, 0) is 35.0 Å². The number of allylic oxidation sites excluding steroid dienone is 1. The molecule has 0 aliphatic carbocycles. The molecule has 1 aromatic carbocycles. The smallest absolute Gasteiger partial charge is 0.417 e. The van der Waals surface area contributed by atoms with E-state index in [4.69, 9.17) is 24.1 Å². The molecule has 0 radical (unpaired) electrons. The van der Waals surface area contributed by atoms with E-state index < -0.39 is 36.0 Å². The average Bonchev–Trinajstić information content (AvgIpc) is 3.16. The highest BCUT2D eigenvalue weighted by atomic mass is 16.6. The van der Waals surface area contributed by atoms with Crippen molar-refractivity contribution in [3.8, 4) is 0 Å². The van der Waals surface area contributed by atoms with E-state index in [1.165, 1.54) is 19.3 Å². The summed E-state index contributed by atoms with van der Waals surface area (Å²) >= 11 is 0. The van der Waals surface area contributed by atoms with E-state index in [9.17, 15) is 14.4 Å². The van der Waals surface area contributed by atoms with Crippen molar-refractivity contribution in [1.29, 1.82) is 0 Å². The molecule has 0 bridgehead atoms. The Labute approximate surface area is 186 Å². The Kier molecular flexibility index (Phi) is 8.55. The summed E-state index contributed by atoms with van der Waals surface area (Å²) in [6.07, 6.45) is 2.14. The number of benzene rings is 1. The molecular formula is C23H27NO8. The Hall–Kier alpha value is -3.01. The van der Waals surface area contributed by atoms with Crippen molar-refractivity contribution < 1.29 is 38.4 Å². The first-order valence-corrected chi connectivity index (χ1v) is 10.4. The Morgan fingerprint density at radius 1 is 1.25 bits per heavy atom. The van der Waals surface area contributed by atoms with Gasteiger partial charge in [-0.05, 0) is 36.6 Å². The summed E-state index contributed by atoms with van der Waals surface area (Å²) in [6, 6.07) is 8.93. The van der Waals surface area contributed by atoms with Gasteiger partial charge in [0.05, 0.1) is 25.9 Å². The summed E-state index contributed by atoms with van der Waals surface area (Å²) < 4.78 is 21.4. The summed E-state index contributed by atoms with van der Waals surface area (Å²) in [6.45, 7) is 0.601. The fraction of sp³-hybridized carbons (Fsp3) is 0.435. The van der Waals surface area contributed by atoms with Gasteiger partial charge >= 0.3 is 6.09 Å². The maximum Gasteiger partial charge on any atom is 0.417 e. The van der Waals surface area contributed by atoms with E-state index in [-0.39, 0.29) is 19.8 Å². The quantitative estimate of drug-likeness (QED) is 0.538. The van der Waals surface area contributed by atoms with Gasteiger partial charge in [0.15, 0.2) is 18.0 Å². The zero-order valence-corrected chi connectivity index (χ0v) is 17.8. The molecule has 3 unspecified atom stereocenters.